The van der Waals surface area contributed by atoms with Crippen molar-refractivity contribution in [1.29, 1.82) is 0 Å². The van der Waals surface area contributed by atoms with Gasteiger partial charge in [0.25, 0.3) is 11.8 Å². The van der Waals surface area contributed by atoms with E-state index in [4.69, 9.17) is 5.21 Å². The highest BCUT2D eigenvalue weighted by Gasteiger charge is 2.42. The number of carbonyl (C=O) groups is 4. The highest BCUT2D eigenvalue weighted by Crippen LogP contribution is 2.28. The summed E-state index contributed by atoms with van der Waals surface area (Å²) in [6.45, 7) is 0. The monoisotopic (exact) mass is 449 g/mol. The molecule has 2 heterocycles. The van der Waals surface area contributed by atoms with Gasteiger partial charge in [-0.3, -0.25) is 24.5 Å². The Morgan fingerprint density at radius 3 is 2.36 bits per heavy atom. The van der Waals surface area contributed by atoms with Gasteiger partial charge >= 0.3 is 5.97 Å². The van der Waals surface area contributed by atoms with Gasteiger partial charge < -0.3 is 10.1 Å². The number of hydrogen-bond acceptors (Lipinski definition) is 5. The van der Waals surface area contributed by atoms with Crippen molar-refractivity contribution >= 4 is 34.6 Å². The molecule has 0 spiro atoms. The average Bonchev–Trinajstić information content (AvgIpc) is 3.33. The molecule has 170 valence electrons. The summed E-state index contributed by atoms with van der Waals surface area (Å²) >= 11 is 0. The van der Waals surface area contributed by atoms with Crippen LogP contribution in [0, 0.1) is 0 Å². The van der Waals surface area contributed by atoms with Crippen molar-refractivity contribution in [3.05, 3.63) is 70.9 Å². The molecule has 9 heteroatoms. The zero-order chi connectivity index (χ0) is 23.5. The summed E-state index contributed by atoms with van der Waals surface area (Å²) in [6.07, 6.45) is 3.97. The lowest BCUT2D eigenvalue weighted by Crippen LogP contribution is -2.46. The molecule has 3 aromatic rings. The first-order chi connectivity index (χ1) is 15.9. The van der Waals surface area contributed by atoms with Crippen molar-refractivity contribution in [3.63, 3.8) is 0 Å². The number of H-pyrrole nitrogens is 1. The normalized spacial score (nSPS) is 13.9. The number of unbranched alkanes of at least 4 members (excludes halogenated alkanes) is 1. The van der Waals surface area contributed by atoms with E-state index >= 15 is 0 Å². The van der Waals surface area contributed by atoms with Crippen LogP contribution in [0.1, 0.15) is 51.1 Å². The number of aromatic nitrogens is 1. The largest absolute Gasteiger partial charge is 0.480 e. The number of carboxylic acids is 1. The zero-order valence-electron chi connectivity index (χ0n) is 17.7. The number of nitrogens with zero attached hydrogens (tertiary/aromatic N) is 1. The number of aliphatic carboxylic acids is 1. The molecule has 0 aliphatic carbocycles. The van der Waals surface area contributed by atoms with Crippen LogP contribution in [0.4, 0.5) is 0 Å². The predicted molar refractivity (Wildman–Crippen MR) is 118 cm³/mol. The molecular weight excluding hydrogens is 426 g/mol. The first-order valence-corrected chi connectivity index (χ1v) is 10.6. The second kappa shape index (κ2) is 9.25. The standard InChI is InChI=1S/C24H23N3O6/c28-21(26-33)8-4-1-5-14-9-10-19-18(11-14)15(13-25-19)12-20(24(31)32)27-22(29)16-6-2-3-7-17(16)23(27)30/h2-3,6-7,9-11,13,20,25,33H,1,4-5,8,12H2,(H,26,28)(H,31,32). The number of imide groups is 1. The Labute approximate surface area is 189 Å². The number of hydroxylamine groups is 1. The van der Waals surface area contributed by atoms with Crippen molar-refractivity contribution in [2.24, 2.45) is 0 Å². The van der Waals surface area contributed by atoms with E-state index in [0.717, 1.165) is 27.8 Å². The Kier molecular flexibility index (Phi) is 6.23. The molecule has 0 saturated heterocycles. The van der Waals surface area contributed by atoms with Gasteiger partial charge in [-0.1, -0.05) is 18.2 Å². The van der Waals surface area contributed by atoms with E-state index in [0.29, 0.717) is 18.4 Å². The van der Waals surface area contributed by atoms with Crippen LogP contribution < -0.4 is 5.48 Å². The minimum atomic E-state index is -1.34. The SMILES string of the molecule is O=C(CCCCc1ccc2[nH]cc(CC(C(=O)O)N3C(=O)c4ccccc4C3=O)c2c1)NO. The van der Waals surface area contributed by atoms with Crippen LogP contribution in [0.5, 0.6) is 0 Å². The molecule has 1 unspecified atom stereocenters. The van der Waals surface area contributed by atoms with Crippen LogP contribution in [0.15, 0.2) is 48.7 Å². The number of rotatable bonds is 9. The van der Waals surface area contributed by atoms with E-state index in [1.54, 1.807) is 23.8 Å². The third-order valence-electron chi connectivity index (χ3n) is 5.91. The van der Waals surface area contributed by atoms with Gasteiger partial charge in [0, 0.05) is 29.9 Å². The molecule has 1 aliphatic heterocycles. The third kappa shape index (κ3) is 4.35. The Hall–Kier alpha value is -3.98. The highest BCUT2D eigenvalue weighted by molar-refractivity contribution is 6.22. The van der Waals surface area contributed by atoms with Crippen LogP contribution in [-0.4, -0.2) is 49.9 Å². The van der Waals surface area contributed by atoms with E-state index in [1.165, 1.54) is 12.1 Å². The van der Waals surface area contributed by atoms with Crippen LogP contribution in [0.2, 0.25) is 0 Å². The minimum absolute atomic E-state index is 0.0269. The molecule has 3 amide bonds. The number of hydrogen-bond donors (Lipinski definition) is 4. The quantitative estimate of drug-likeness (QED) is 0.171. The Morgan fingerprint density at radius 1 is 1.03 bits per heavy atom. The lowest BCUT2D eigenvalue weighted by Gasteiger charge is -2.22. The minimum Gasteiger partial charge on any atom is -0.480 e. The van der Waals surface area contributed by atoms with Gasteiger partial charge in [-0.25, -0.2) is 10.3 Å². The van der Waals surface area contributed by atoms with Crippen molar-refractivity contribution in [1.82, 2.24) is 15.4 Å². The van der Waals surface area contributed by atoms with Gasteiger partial charge in [-0.15, -0.1) is 0 Å². The second-order valence-corrected chi connectivity index (χ2v) is 8.02. The molecule has 0 bridgehead atoms. The summed E-state index contributed by atoms with van der Waals surface area (Å²) in [5.74, 6) is -2.88. The summed E-state index contributed by atoms with van der Waals surface area (Å²) in [5.41, 5.74) is 4.56. The lowest BCUT2D eigenvalue weighted by atomic mass is 10.00. The molecule has 0 fully saturated rings. The fourth-order valence-corrected chi connectivity index (χ4v) is 4.21. The van der Waals surface area contributed by atoms with Gasteiger partial charge in [0.2, 0.25) is 5.91 Å². The van der Waals surface area contributed by atoms with Gasteiger partial charge in [-0.05, 0) is 54.7 Å². The van der Waals surface area contributed by atoms with Crippen LogP contribution >= 0.6 is 0 Å². The highest BCUT2D eigenvalue weighted by atomic mass is 16.5. The Balaban J connectivity index is 1.54. The number of aryl methyl sites for hydroxylation is 1. The molecule has 0 radical (unpaired) electrons. The summed E-state index contributed by atoms with van der Waals surface area (Å²) in [5, 5.41) is 19.3. The molecule has 33 heavy (non-hydrogen) atoms. The molecule has 2 aromatic carbocycles. The molecule has 9 nitrogen and oxygen atoms in total. The summed E-state index contributed by atoms with van der Waals surface area (Å²) in [6, 6.07) is 10.8. The maximum Gasteiger partial charge on any atom is 0.327 e. The Morgan fingerprint density at radius 2 is 1.73 bits per heavy atom. The van der Waals surface area contributed by atoms with Crippen molar-refractivity contribution in [2.45, 2.75) is 38.1 Å². The summed E-state index contributed by atoms with van der Waals surface area (Å²) in [4.78, 5) is 52.8. The summed E-state index contributed by atoms with van der Waals surface area (Å²) in [7, 11) is 0. The number of benzene rings is 2. The van der Waals surface area contributed by atoms with E-state index in [2.05, 4.69) is 4.98 Å². The summed E-state index contributed by atoms with van der Waals surface area (Å²) < 4.78 is 0. The fraction of sp³-hybridized carbons (Fsp3) is 0.250. The molecule has 1 aromatic heterocycles. The average molecular weight is 449 g/mol. The maximum atomic E-state index is 12.8. The van der Waals surface area contributed by atoms with Gasteiger partial charge in [0.1, 0.15) is 6.04 Å². The number of amides is 3. The van der Waals surface area contributed by atoms with Gasteiger partial charge in [0.15, 0.2) is 0 Å². The lowest BCUT2D eigenvalue weighted by molar-refractivity contribution is -0.141. The third-order valence-corrected chi connectivity index (χ3v) is 5.91. The van der Waals surface area contributed by atoms with Crippen molar-refractivity contribution in [3.8, 4) is 0 Å². The van der Waals surface area contributed by atoms with Crippen molar-refractivity contribution in [2.75, 3.05) is 0 Å². The molecule has 0 saturated carbocycles. The van der Waals surface area contributed by atoms with Crippen molar-refractivity contribution < 1.29 is 29.5 Å². The fourth-order valence-electron chi connectivity index (χ4n) is 4.21. The molecule has 4 N–H and O–H groups in total. The Bertz CT molecular complexity index is 1210. The van der Waals surface area contributed by atoms with E-state index in [1.807, 2.05) is 18.2 Å². The number of aromatic amines is 1. The van der Waals surface area contributed by atoms with Gasteiger partial charge in [0.05, 0.1) is 11.1 Å². The van der Waals surface area contributed by atoms with E-state index in [-0.39, 0.29) is 24.0 Å². The molecule has 1 aliphatic rings. The van der Waals surface area contributed by atoms with Gasteiger partial charge in [-0.2, -0.15) is 0 Å². The predicted octanol–water partition coefficient (Wildman–Crippen LogP) is 2.68. The molecular formula is C24H23N3O6. The second-order valence-electron chi connectivity index (χ2n) is 8.02. The van der Waals surface area contributed by atoms with Crippen LogP contribution in [0.25, 0.3) is 10.9 Å². The smallest absolute Gasteiger partial charge is 0.327 e. The number of carbonyl (C=O) groups excluding carboxylic acids is 3. The topological polar surface area (TPSA) is 140 Å². The van der Waals surface area contributed by atoms with E-state index < -0.39 is 29.7 Å². The van der Waals surface area contributed by atoms with E-state index in [9.17, 15) is 24.3 Å². The zero-order valence-corrected chi connectivity index (χ0v) is 17.7. The molecule has 1 atom stereocenters. The first kappa shape index (κ1) is 22.2. The van der Waals surface area contributed by atoms with Crippen LogP contribution in [0.3, 0.4) is 0 Å². The molecule has 4 rings (SSSR count). The van der Waals surface area contributed by atoms with Crippen LogP contribution in [-0.2, 0) is 22.4 Å². The number of nitrogens with one attached hydrogen (secondary N) is 2. The maximum absolute atomic E-state index is 12.8. The number of carboxylic acid groups (broad SMARTS) is 1. The number of fused-ring (bicyclic) bond motifs is 2. The first-order valence-electron chi connectivity index (χ1n) is 10.6.